The van der Waals surface area contributed by atoms with Crippen molar-refractivity contribution in [3.63, 3.8) is 0 Å². The van der Waals surface area contributed by atoms with E-state index in [4.69, 9.17) is 20.7 Å². The van der Waals surface area contributed by atoms with E-state index in [1.807, 2.05) is 6.20 Å². The summed E-state index contributed by atoms with van der Waals surface area (Å²) in [5.74, 6) is 1.10. The first kappa shape index (κ1) is 23.1. The highest BCUT2D eigenvalue weighted by molar-refractivity contribution is 5.94. The molecule has 1 atom stereocenters. The average molecular weight is 479 g/mol. The molecule has 0 unspecified atom stereocenters. The van der Waals surface area contributed by atoms with Gasteiger partial charge in [0.2, 0.25) is 0 Å². The molecule has 0 bridgehead atoms. The highest BCUT2D eigenvalue weighted by Gasteiger charge is 2.28. The first-order valence-electron chi connectivity index (χ1n) is 13.3. The fraction of sp³-hybridized carbons (Fsp3) is 0.367. The van der Waals surface area contributed by atoms with Gasteiger partial charge in [-0.05, 0) is 80.6 Å². The molecule has 0 saturated heterocycles. The number of fused-ring (bicyclic) bond motifs is 3. The number of hydrogen-bond donors (Lipinski definition) is 1. The first-order chi connectivity index (χ1) is 17.8. The summed E-state index contributed by atoms with van der Waals surface area (Å²) >= 11 is 0. The van der Waals surface area contributed by atoms with Crippen molar-refractivity contribution in [2.75, 3.05) is 13.1 Å². The number of aromatic nitrogens is 3. The lowest BCUT2D eigenvalue weighted by atomic mass is 9.90. The molecule has 1 aliphatic heterocycles. The molecule has 0 radical (unpaired) electrons. The van der Waals surface area contributed by atoms with Gasteiger partial charge in [0.1, 0.15) is 5.82 Å². The molecule has 2 N–H and O–H groups in total. The third-order valence-electron chi connectivity index (χ3n) is 7.59. The molecule has 2 aliphatic rings. The number of imidazole rings is 1. The molecule has 36 heavy (non-hydrogen) atoms. The number of unbranched alkanes of at least 4 members (excludes halogenated alkanes) is 1. The van der Waals surface area contributed by atoms with E-state index in [9.17, 15) is 0 Å². The maximum absolute atomic E-state index is 5.86. The molecular weight excluding hydrogens is 444 g/mol. The molecule has 4 aromatic rings. The minimum absolute atomic E-state index is 0.314. The molecule has 0 spiro atoms. The Balaban J connectivity index is 1.34. The van der Waals surface area contributed by atoms with Crippen LogP contribution in [-0.2, 0) is 25.9 Å². The average Bonchev–Trinajstić information content (AvgIpc) is 3.49. The molecule has 3 heterocycles. The number of aryl methyl sites for hydroxylation is 1. The number of nitrogens with two attached hydrogens (primary N) is 1. The normalized spacial score (nSPS) is 16.8. The second-order valence-electron chi connectivity index (χ2n) is 10.0. The van der Waals surface area contributed by atoms with E-state index in [2.05, 4.69) is 70.1 Å². The van der Waals surface area contributed by atoms with Gasteiger partial charge in [-0.15, -0.1) is 0 Å². The van der Waals surface area contributed by atoms with Crippen LogP contribution in [-0.4, -0.2) is 38.2 Å². The van der Waals surface area contributed by atoms with Crippen molar-refractivity contribution < 1.29 is 0 Å². The topological polar surface area (TPSA) is 72.3 Å². The predicted octanol–water partition coefficient (Wildman–Crippen LogP) is 5.38. The van der Waals surface area contributed by atoms with E-state index >= 15 is 0 Å². The lowest BCUT2D eigenvalue weighted by molar-refractivity contribution is 0.157. The summed E-state index contributed by atoms with van der Waals surface area (Å²) in [5.41, 5.74) is 14.3. The first-order valence-corrected chi connectivity index (χ1v) is 13.3. The number of nitrogens with zero attached hydrogens (tertiary/aromatic N) is 5. The Hall–Kier alpha value is -3.35. The van der Waals surface area contributed by atoms with E-state index in [1.165, 1.54) is 34.5 Å². The van der Waals surface area contributed by atoms with Crippen molar-refractivity contribution in [3.8, 4) is 0 Å². The van der Waals surface area contributed by atoms with E-state index < -0.39 is 0 Å². The summed E-state index contributed by atoms with van der Waals surface area (Å²) in [6.45, 7) is 3.28. The number of aliphatic imine (C=N–C) groups is 1. The van der Waals surface area contributed by atoms with Gasteiger partial charge >= 0.3 is 0 Å². The van der Waals surface area contributed by atoms with E-state index in [-0.39, 0.29) is 0 Å². The Morgan fingerprint density at radius 3 is 2.75 bits per heavy atom. The van der Waals surface area contributed by atoms with Crippen molar-refractivity contribution >= 4 is 22.4 Å². The van der Waals surface area contributed by atoms with Gasteiger partial charge in [-0.2, -0.15) is 0 Å². The zero-order chi connectivity index (χ0) is 24.3. The summed E-state index contributed by atoms with van der Waals surface area (Å²) in [6, 6.07) is 21.6. The van der Waals surface area contributed by atoms with Crippen LogP contribution < -0.4 is 5.73 Å². The molecule has 6 nitrogen and oxygen atoms in total. The Morgan fingerprint density at radius 2 is 1.83 bits per heavy atom. The van der Waals surface area contributed by atoms with Crippen LogP contribution in [0.25, 0.3) is 11.0 Å². The van der Waals surface area contributed by atoms with Crippen LogP contribution in [0.2, 0.25) is 0 Å². The maximum atomic E-state index is 5.86. The Morgan fingerprint density at radius 1 is 0.972 bits per heavy atom. The molecule has 184 valence electrons. The maximum Gasteiger partial charge on any atom is 0.124 e. The second-order valence-corrected chi connectivity index (χ2v) is 10.0. The molecule has 0 fully saturated rings. The number of pyridine rings is 1. The Labute approximate surface area is 212 Å². The Kier molecular flexibility index (Phi) is 6.62. The lowest BCUT2D eigenvalue weighted by Crippen LogP contribution is -2.34. The molecule has 1 aliphatic carbocycles. The van der Waals surface area contributed by atoms with Crippen molar-refractivity contribution in [2.24, 2.45) is 10.7 Å². The smallest absolute Gasteiger partial charge is 0.124 e. The number of benzene rings is 2. The number of para-hydroxylation sites is 3. The van der Waals surface area contributed by atoms with Crippen LogP contribution in [0.15, 0.2) is 71.9 Å². The molecule has 6 heteroatoms. The summed E-state index contributed by atoms with van der Waals surface area (Å²) in [7, 11) is 0. The molecule has 2 aromatic carbocycles. The largest absolute Gasteiger partial charge is 0.330 e. The fourth-order valence-electron chi connectivity index (χ4n) is 5.82. The van der Waals surface area contributed by atoms with Gasteiger partial charge in [0.15, 0.2) is 0 Å². The highest BCUT2D eigenvalue weighted by atomic mass is 15.2. The SMILES string of the molecule is NCCCCN(Cc1nc2ccccc2n1CC1=Nc2ccccc2C1)[C@H]1CCCc2cccnc21. The van der Waals surface area contributed by atoms with Gasteiger partial charge in [-0.1, -0.05) is 36.4 Å². The zero-order valence-electron chi connectivity index (χ0n) is 20.8. The summed E-state index contributed by atoms with van der Waals surface area (Å²) in [6.07, 6.45) is 8.41. The molecule has 0 saturated carbocycles. The van der Waals surface area contributed by atoms with Gasteiger partial charge in [-0.25, -0.2) is 4.98 Å². The fourth-order valence-corrected chi connectivity index (χ4v) is 5.82. The quantitative estimate of drug-likeness (QED) is 0.328. The van der Waals surface area contributed by atoms with Crippen LogP contribution in [0.3, 0.4) is 0 Å². The molecule has 2 aromatic heterocycles. The van der Waals surface area contributed by atoms with Crippen molar-refractivity contribution in [3.05, 3.63) is 89.5 Å². The van der Waals surface area contributed by atoms with E-state index in [0.717, 1.165) is 75.3 Å². The van der Waals surface area contributed by atoms with Gasteiger partial charge in [0.05, 0.1) is 41.5 Å². The zero-order valence-corrected chi connectivity index (χ0v) is 20.8. The van der Waals surface area contributed by atoms with Crippen molar-refractivity contribution in [1.82, 2.24) is 19.4 Å². The minimum atomic E-state index is 0.314. The van der Waals surface area contributed by atoms with Crippen molar-refractivity contribution in [1.29, 1.82) is 0 Å². The van der Waals surface area contributed by atoms with E-state index in [1.54, 1.807) is 0 Å². The van der Waals surface area contributed by atoms with Crippen LogP contribution in [0.4, 0.5) is 5.69 Å². The van der Waals surface area contributed by atoms with Crippen LogP contribution in [0.1, 0.15) is 54.4 Å². The van der Waals surface area contributed by atoms with Gasteiger partial charge in [0, 0.05) is 18.3 Å². The van der Waals surface area contributed by atoms with Gasteiger partial charge in [0.25, 0.3) is 0 Å². The third-order valence-corrected chi connectivity index (χ3v) is 7.59. The van der Waals surface area contributed by atoms with Crippen molar-refractivity contribution in [2.45, 2.75) is 57.7 Å². The van der Waals surface area contributed by atoms with Gasteiger partial charge in [-0.3, -0.25) is 14.9 Å². The number of rotatable bonds is 9. The minimum Gasteiger partial charge on any atom is -0.330 e. The lowest BCUT2D eigenvalue weighted by Gasteiger charge is -2.35. The summed E-state index contributed by atoms with van der Waals surface area (Å²) < 4.78 is 2.39. The van der Waals surface area contributed by atoms with Crippen LogP contribution >= 0.6 is 0 Å². The third kappa shape index (κ3) is 4.59. The summed E-state index contributed by atoms with van der Waals surface area (Å²) in [4.78, 5) is 17.6. The van der Waals surface area contributed by atoms with Crippen LogP contribution in [0.5, 0.6) is 0 Å². The summed E-state index contributed by atoms with van der Waals surface area (Å²) in [5, 5.41) is 0. The number of hydrogen-bond acceptors (Lipinski definition) is 5. The van der Waals surface area contributed by atoms with Crippen LogP contribution in [0, 0.1) is 0 Å². The highest BCUT2D eigenvalue weighted by Crippen LogP contribution is 2.34. The second kappa shape index (κ2) is 10.3. The molecule has 6 rings (SSSR count). The predicted molar refractivity (Wildman–Crippen MR) is 146 cm³/mol. The monoisotopic (exact) mass is 478 g/mol. The van der Waals surface area contributed by atoms with E-state index in [0.29, 0.717) is 6.04 Å². The van der Waals surface area contributed by atoms with Gasteiger partial charge < -0.3 is 10.3 Å². The Bertz CT molecular complexity index is 1390. The standard InChI is InChI=1S/C30H34N6/c31-16-5-6-18-35(28-15-7-10-22-11-8-17-32-30(22)28)21-29-34-26-13-3-4-14-27(26)36(29)20-24-19-23-9-1-2-12-25(23)33-24/h1-4,8-9,11-14,17,28H,5-7,10,15-16,18-21,31H2/t28-/m0/s1. The molecule has 0 amide bonds. The molecular formula is C30H34N6.